The molecule has 1 unspecified atom stereocenters. The van der Waals surface area contributed by atoms with Gasteiger partial charge in [-0.3, -0.25) is 9.59 Å². The molecule has 3 rings (SSSR count). The van der Waals surface area contributed by atoms with Gasteiger partial charge < -0.3 is 10.0 Å². The van der Waals surface area contributed by atoms with E-state index in [0.717, 1.165) is 16.7 Å². The lowest BCUT2D eigenvalue weighted by atomic mass is 9.93. The van der Waals surface area contributed by atoms with Crippen molar-refractivity contribution in [3.05, 3.63) is 70.8 Å². The van der Waals surface area contributed by atoms with Crippen LogP contribution in [0.5, 0.6) is 0 Å². The summed E-state index contributed by atoms with van der Waals surface area (Å²) in [4.78, 5) is 37.9. The van der Waals surface area contributed by atoms with Gasteiger partial charge in [-0.05, 0) is 18.1 Å². The number of carboxylic acid groups (broad SMARTS) is 1. The number of amides is 1. The van der Waals surface area contributed by atoms with Crippen molar-refractivity contribution in [1.82, 2.24) is 4.90 Å². The third-order valence-electron chi connectivity index (χ3n) is 4.79. The number of aliphatic carboxylic acids is 1. The largest absolute Gasteiger partial charge is 0.480 e. The number of rotatable bonds is 5. The monoisotopic (exact) mass is 351 g/mol. The van der Waals surface area contributed by atoms with Gasteiger partial charge in [0, 0.05) is 31.4 Å². The number of fused-ring (bicyclic) bond motifs is 1. The standard InChI is InChI=1S/C21H21NO4/c1-14-6-8-15(9-7-14)19(23)10-11-20(24)22-13-17-5-3-2-4-16(17)12-18(22)21(25)26/h2-9,18H,10-13H2,1H3,(H,25,26). The molecule has 0 saturated heterocycles. The lowest BCUT2D eigenvalue weighted by Crippen LogP contribution is -2.48. The third-order valence-corrected chi connectivity index (χ3v) is 4.79. The molecule has 0 fully saturated rings. The van der Waals surface area contributed by atoms with E-state index in [1.165, 1.54) is 4.90 Å². The molecule has 0 saturated carbocycles. The SMILES string of the molecule is Cc1ccc(C(=O)CCC(=O)N2Cc3ccccc3CC2C(=O)O)cc1. The van der Waals surface area contributed by atoms with Gasteiger partial charge in [0.25, 0.3) is 0 Å². The molecule has 1 N–H and O–H groups in total. The summed E-state index contributed by atoms with van der Waals surface area (Å²) in [6.07, 6.45) is 0.383. The summed E-state index contributed by atoms with van der Waals surface area (Å²) in [6.45, 7) is 2.21. The van der Waals surface area contributed by atoms with Crippen LogP contribution in [0.2, 0.25) is 0 Å². The van der Waals surface area contributed by atoms with Crippen LogP contribution >= 0.6 is 0 Å². The van der Waals surface area contributed by atoms with Crippen molar-refractivity contribution >= 4 is 17.7 Å². The maximum absolute atomic E-state index is 12.6. The van der Waals surface area contributed by atoms with Gasteiger partial charge in [0.2, 0.25) is 5.91 Å². The summed E-state index contributed by atoms with van der Waals surface area (Å²) >= 11 is 0. The molecule has 2 aromatic carbocycles. The minimum absolute atomic E-state index is 0.0126. The number of hydrogen-bond donors (Lipinski definition) is 1. The Morgan fingerprint density at radius 2 is 1.65 bits per heavy atom. The Labute approximate surface area is 152 Å². The van der Waals surface area contributed by atoms with Crippen molar-refractivity contribution in [3.8, 4) is 0 Å². The lowest BCUT2D eigenvalue weighted by molar-refractivity contribution is -0.151. The molecular formula is C21H21NO4. The van der Waals surface area contributed by atoms with Gasteiger partial charge in [-0.1, -0.05) is 54.1 Å². The van der Waals surface area contributed by atoms with Crippen molar-refractivity contribution in [1.29, 1.82) is 0 Å². The fourth-order valence-electron chi connectivity index (χ4n) is 3.25. The second-order valence-electron chi connectivity index (χ2n) is 6.64. The zero-order valence-electron chi connectivity index (χ0n) is 14.6. The van der Waals surface area contributed by atoms with E-state index < -0.39 is 12.0 Å². The van der Waals surface area contributed by atoms with Crippen molar-refractivity contribution in [3.63, 3.8) is 0 Å². The first-order valence-electron chi connectivity index (χ1n) is 8.64. The molecule has 1 aliphatic heterocycles. The highest BCUT2D eigenvalue weighted by molar-refractivity contribution is 5.98. The second kappa shape index (κ2) is 7.52. The zero-order chi connectivity index (χ0) is 18.7. The predicted octanol–water partition coefficient (Wildman–Crippen LogP) is 3.00. The van der Waals surface area contributed by atoms with Crippen LogP contribution in [0.4, 0.5) is 0 Å². The number of nitrogens with zero attached hydrogens (tertiary/aromatic N) is 1. The fraction of sp³-hybridized carbons (Fsp3) is 0.286. The number of carbonyl (C=O) groups excluding carboxylic acids is 2. The first kappa shape index (κ1) is 17.9. The molecule has 26 heavy (non-hydrogen) atoms. The number of Topliss-reactive ketones (excluding diaryl/α,β-unsaturated/α-hetero) is 1. The van der Waals surface area contributed by atoms with E-state index in [1.54, 1.807) is 12.1 Å². The van der Waals surface area contributed by atoms with Gasteiger partial charge in [-0.2, -0.15) is 0 Å². The molecule has 1 atom stereocenters. The minimum atomic E-state index is -1.02. The van der Waals surface area contributed by atoms with Gasteiger partial charge in [0.1, 0.15) is 6.04 Å². The van der Waals surface area contributed by atoms with Gasteiger partial charge >= 0.3 is 5.97 Å². The molecule has 0 aromatic heterocycles. The van der Waals surface area contributed by atoms with Crippen LogP contribution < -0.4 is 0 Å². The highest BCUT2D eigenvalue weighted by atomic mass is 16.4. The molecule has 0 spiro atoms. The molecule has 1 aliphatic rings. The predicted molar refractivity (Wildman–Crippen MR) is 96.9 cm³/mol. The minimum Gasteiger partial charge on any atom is -0.480 e. The van der Waals surface area contributed by atoms with Gasteiger partial charge in [-0.15, -0.1) is 0 Å². The van der Waals surface area contributed by atoms with E-state index in [1.807, 2.05) is 43.3 Å². The van der Waals surface area contributed by atoms with Gasteiger partial charge in [-0.25, -0.2) is 4.79 Å². The van der Waals surface area contributed by atoms with E-state index >= 15 is 0 Å². The molecular weight excluding hydrogens is 330 g/mol. The Balaban J connectivity index is 1.68. The lowest BCUT2D eigenvalue weighted by Gasteiger charge is -2.34. The summed E-state index contributed by atoms with van der Waals surface area (Å²) in [5.41, 5.74) is 3.55. The molecule has 2 aromatic rings. The Kier molecular flexibility index (Phi) is 5.16. The van der Waals surface area contributed by atoms with E-state index in [4.69, 9.17) is 0 Å². The number of carbonyl (C=O) groups is 3. The van der Waals surface area contributed by atoms with Gasteiger partial charge in [0.05, 0.1) is 0 Å². The van der Waals surface area contributed by atoms with Crippen LogP contribution in [0.25, 0.3) is 0 Å². The number of benzene rings is 2. The average molecular weight is 351 g/mol. The van der Waals surface area contributed by atoms with Crippen LogP contribution in [0.3, 0.4) is 0 Å². The highest BCUT2D eigenvalue weighted by Crippen LogP contribution is 2.24. The van der Waals surface area contributed by atoms with Crippen LogP contribution in [-0.2, 0) is 22.6 Å². The van der Waals surface area contributed by atoms with Crippen LogP contribution in [0.1, 0.15) is 39.9 Å². The number of carboxylic acids is 1. The maximum Gasteiger partial charge on any atom is 0.326 e. The summed E-state index contributed by atoms with van der Waals surface area (Å²) in [6, 6.07) is 13.9. The van der Waals surface area contributed by atoms with Crippen molar-refractivity contribution in [2.24, 2.45) is 0 Å². The smallest absolute Gasteiger partial charge is 0.326 e. The number of ketones is 1. The van der Waals surface area contributed by atoms with Crippen molar-refractivity contribution in [2.45, 2.75) is 38.8 Å². The molecule has 0 aliphatic carbocycles. The van der Waals surface area contributed by atoms with E-state index in [9.17, 15) is 19.5 Å². The topological polar surface area (TPSA) is 74.7 Å². The van der Waals surface area contributed by atoms with E-state index in [-0.39, 0.29) is 31.1 Å². The second-order valence-corrected chi connectivity index (χ2v) is 6.64. The average Bonchev–Trinajstić information content (AvgIpc) is 2.65. The van der Waals surface area contributed by atoms with Gasteiger partial charge in [0.15, 0.2) is 5.78 Å². The fourth-order valence-corrected chi connectivity index (χ4v) is 3.25. The van der Waals surface area contributed by atoms with Crippen LogP contribution in [0.15, 0.2) is 48.5 Å². The van der Waals surface area contributed by atoms with Crippen molar-refractivity contribution < 1.29 is 19.5 Å². The summed E-state index contributed by atoms with van der Waals surface area (Å²) in [5.74, 6) is -1.42. The number of hydrogen-bond acceptors (Lipinski definition) is 3. The zero-order valence-corrected chi connectivity index (χ0v) is 14.6. The normalized spacial score (nSPS) is 16.0. The molecule has 1 heterocycles. The van der Waals surface area contributed by atoms with Crippen LogP contribution in [-0.4, -0.2) is 33.7 Å². The summed E-state index contributed by atoms with van der Waals surface area (Å²) < 4.78 is 0. The molecule has 1 amide bonds. The summed E-state index contributed by atoms with van der Waals surface area (Å²) in [7, 11) is 0. The molecule has 134 valence electrons. The Hall–Kier alpha value is -2.95. The highest BCUT2D eigenvalue weighted by Gasteiger charge is 2.34. The molecule has 5 nitrogen and oxygen atoms in total. The first-order chi connectivity index (χ1) is 12.5. The van der Waals surface area contributed by atoms with E-state index in [2.05, 4.69) is 0 Å². The Morgan fingerprint density at radius 3 is 2.31 bits per heavy atom. The number of aryl methyl sites for hydroxylation is 1. The quantitative estimate of drug-likeness (QED) is 0.841. The first-order valence-corrected chi connectivity index (χ1v) is 8.64. The maximum atomic E-state index is 12.6. The molecule has 5 heteroatoms. The van der Waals surface area contributed by atoms with Crippen molar-refractivity contribution in [2.75, 3.05) is 0 Å². The molecule has 0 bridgehead atoms. The summed E-state index contributed by atoms with van der Waals surface area (Å²) in [5, 5.41) is 9.50. The van der Waals surface area contributed by atoms with Crippen LogP contribution in [0, 0.1) is 6.92 Å². The Bertz CT molecular complexity index is 841. The van der Waals surface area contributed by atoms with E-state index in [0.29, 0.717) is 12.0 Å². The Morgan fingerprint density at radius 1 is 1.00 bits per heavy atom. The molecule has 0 radical (unpaired) electrons. The third kappa shape index (κ3) is 3.82.